The maximum atomic E-state index is 11.1. The Hall–Kier alpha value is -1.31. The van der Waals surface area contributed by atoms with Gasteiger partial charge in [-0.05, 0) is 45.8 Å². The molecule has 0 aromatic heterocycles. The van der Waals surface area contributed by atoms with Gasteiger partial charge in [-0.3, -0.25) is 4.55 Å². The molecule has 0 aliphatic rings. The molecule has 0 unspecified atom stereocenters. The van der Waals surface area contributed by atoms with Crippen LogP contribution in [0.4, 0.5) is 0 Å². The van der Waals surface area contributed by atoms with Gasteiger partial charge in [-0.1, -0.05) is 30.3 Å². The number of hydrogen-bond acceptors (Lipinski definition) is 2. The molecular formula is C14H11LiO3S. The van der Waals surface area contributed by atoms with Gasteiger partial charge in [0, 0.05) is 0 Å². The minimum atomic E-state index is -4.15. The van der Waals surface area contributed by atoms with E-state index in [0.717, 1.165) is 21.5 Å². The van der Waals surface area contributed by atoms with Crippen molar-refractivity contribution < 1.29 is 33.3 Å². The molecule has 5 heteroatoms. The second-order valence-electron chi connectivity index (χ2n) is 4.18. The Morgan fingerprint density at radius 3 is 1.89 bits per heavy atom. The van der Waals surface area contributed by atoms with Gasteiger partial charge in [-0.25, -0.2) is 0 Å². The molecule has 0 radical (unpaired) electrons. The molecule has 0 aliphatic heterocycles. The fraction of sp³-hybridized carbons (Fsp3) is 0. The third-order valence-electron chi connectivity index (χ3n) is 2.97. The van der Waals surface area contributed by atoms with E-state index < -0.39 is 10.1 Å². The Morgan fingerprint density at radius 2 is 1.32 bits per heavy atom. The van der Waals surface area contributed by atoms with Crippen LogP contribution in [0.2, 0.25) is 0 Å². The summed E-state index contributed by atoms with van der Waals surface area (Å²) in [6.07, 6.45) is 0. The summed E-state index contributed by atoms with van der Waals surface area (Å²) in [6, 6.07) is 16.4. The monoisotopic (exact) mass is 266 g/mol. The topological polar surface area (TPSA) is 54.4 Å². The molecule has 3 aromatic rings. The van der Waals surface area contributed by atoms with Crippen LogP contribution in [0, 0.1) is 0 Å². The van der Waals surface area contributed by atoms with Crippen LogP contribution in [0.15, 0.2) is 59.5 Å². The van der Waals surface area contributed by atoms with Crippen molar-refractivity contribution >= 4 is 31.7 Å². The molecule has 1 N–H and O–H groups in total. The molecule has 0 atom stereocenters. The third kappa shape index (κ3) is 2.67. The van der Waals surface area contributed by atoms with Gasteiger partial charge < -0.3 is 1.43 Å². The molecule has 0 amide bonds. The van der Waals surface area contributed by atoms with Gasteiger partial charge >= 0.3 is 18.9 Å². The molecular weight excluding hydrogens is 255 g/mol. The Kier molecular flexibility index (Phi) is 3.70. The van der Waals surface area contributed by atoms with Gasteiger partial charge in [0.25, 0.3) is 10.1 Å². The van der Waals surface area contributed by atoms with E-state index >= 15 is 0 Å². The van der Waals surface area contributed by atoms with Gasteiger partial charge in [-0.15, -0.1) is 0 Å². The molecule has 3 aromatic carbocycles. The Morgan fingerprint density at radius 1 is 0.789 bits per heavy atom. The second kappa shape index (κ2) is 4.99. The fourth-order valence-electron chi connectivity index (χ4n) is 2.08. The quantitative estimate of drug-likeness (QED) is 0.393. The molecule has 0 spiro atoms. The van der Waals surface area contributed by atoms with E-state index in [1.807, 2.05) is 36.4 Å². The summed E-state index contributed by atoms with van der Waals surface area (Å²) in [7, 11) is -4.15. The van der Waals surface area contributed by atoms with Gasteiger partial charge in [0.1, 0.15) is 0 Å². The molecule has 0 saturated carbocycles. The molecule has 0 heterocycles. The summed E-state index contributed by atoms with van der Waals surface area (Å²) >= 11 is 0. The van der Waals surface area contributed by atoms with Crippen LogP contribution in [0.5, 0.6) is 0 Å². The SMILES string of the molecule is O=S(=O)(O)c1ccc2cc3ccccc3cc2c1.[H-].[Li+]. The normalized spacial score (nSPS) is 11.4. The molecule has 0 fully saturated rings. The molecule has 3 rings (SSSR count). The first kappa shape index (κ1) is 14.1. The van der Waals surface area contributed by atoms with E-state index in [0.29, 0.717) is 0 Å². The number of fused-ring (bicyclic) bond motifs is 2. The summed E-state index contributed by atoms with van der Waals surface area (Å²) in [5.41, 5.74) is 0. The van der Waals surface area contributed by atoms with Crippen molar-refractivity contribution in [2.45, 2.75) is 4.90 Å². The summed E-state index contributed by atoms with van der Waals surface area (Å²) in [5.74, 6) is 0. The molecule has 19 heavy (non-hydrogen) atoms. The largest absolute Gasteiger partial charge is 1.00 e. The average Bonchev–Trinajstić information content (AvgIpc) is 2.34. The van der Waals surface area contributed by atoms with E-state index in [-0.39, 0.29) is 25.2 Å². The van der Waals surface area contributed by atoms with Crippen molar-refractivity contribution in [3.8, 4) is 0 Å². The van der Waals surface area contributed by atoms with Gasteiger partial charge in [0.2, 0.25) is 0 Å². The van der Waals surface area contributed by atoms with E-state index in [2.05, 4.69) is 0 Å². The number of hydrogen-bond donors (Lipinski definition) is 1. The van der Waals surface area contributed by atoms with E-state index in [9.17, 15) is 8.42 Å². The molecule has 0 aliphatic carbocycles. The van der Waals surface area contributed by atoms with Crippen molar-refractivity contribution in [3.63, 3.8) is 0 Å². The zero-order valence-electron chi connectivity index (χ0n) is 11.4. The van der Waals surface area contributed by atoms with Crippen LogP contribution in [0.25, 0.3) is 21.5 Å². The summed E-state index contributed by atoms with van der Waals surface area (Å²) in [5, 5.41) is 3.88. The number of benzene rings is 3. The van der Waals surface area contributed by atoms with Gasteiger partial charge in [-0.2, -0.15) is 8.42 Å². The van der Waals surface area contributed by atoms with E-state index in [4.69, 9.17) is 4.55 Å². The maximum absolute atomic E-state index is 11.1. The van der Waals surface area contributed by atoms with Crippen molar-refractivity contribution in [2.75, 3.05) is 0 Å². The van der Waals surface area contributed by atoms with Crippen LogP contribution >= 0.6 is 0 Å². The van der Waals surface area contributed by atoms with Crippen molar-refractivity contribution in [3.05, 3.63) is 54.6 Å². The molecule has 0 bridgehead atoms. The minimum absolute atomic E-state index is 0. The van der Waals surface area contributed by atoms with Crippen molar-refractivity contribution in [2.24, 2.45) is 0 Å². The summed E-state index contributed by atoms with van der Waals surface area (Å²) < 4.78 is 31.2. The van der Waals surface area contributed by atoms with Crippen LogP contribution in [-0.2, 0) is 10.1 Å². The Balaban J connectivity index is 0.000001000. The molecule has 3 nitrogen and oxygen atoms in total. The first-order valence-electron chi connectivity index (χ1n) is 5.44. The van der Waals surface area contributed by atoms with Crippen LogP contribution in [0.3, 0.4) is 0 Å². The van der Waals surface area contributed by atoms with Gasteiger partial charge in [0.15, 0.2) is 0 Å². The first-order chi connectivity index (χ1) is 8.54. The summed E-state index contributed by atoms with van der Waals surface area (Å²) in [6.45, 7) is 0. The standard InChI is InChI=1S/C14H10O3S.Li.H/c15-18(16,17)14-6-5-12-7-10-3-1-2-4-11(10)8-13(12)9-14;;/h1-9H,(H,15,16,17);;/q;+1;-1. The third-order valence-corrected chi connectivity index (χ3v) is 3.82. The van der Waals surface area contributed by atoms with Gasteiger partial charge in [0.05, 0.1) is 4.90 Å². The average molecular weight is 266 g/mol. The zero-order chi connectivity index (χ0) is 12.8. The van der Waals surface area contributed by atoms with Crippen molar-refractivity contribution in [1.29, 1.82) is 0 Å². The predicted molar refractivity (Wildman–Crippen MR) is 72.4 cm³/mol. The van der Waals surface area contributed by atoms with Crippen LogP contribution in [0.1, 0.15) is 1.43 Å². The second-order valence-corrected chi connectivity index (χ2v) is 5.60. The first-order valence-corrected chi connectivity index (χ1v) is 6.88. The zero-order valence-corrected chi connectivity index (χ0v) is 11.2. The molecule has 92 valence electrons. The Bertz CT molecular complexity index is 863. The summed E-state index contributed by atoms with van der Waals surface area (Å²) in [4.78, 5) is -0.0784. The predicted octanol–water partition coefficient (Wildman–Crippen LogP) is 0.356. The minimum Gasteiger partial charge on any atom is -1.00 e. The van der Waals surface area contributed by atoms with Crippen molar-refractivity contribution in [1.82, 2.24) is 0 Å². The molecule has 0 saturated heterocycles. The number of rotatable bonds is 1. The Labute approximate surface area is 124 Å². The van der Waals surface area contributed by atoms with E-state index in [1.54, 1.807) is 6.07 Å². The fourth-order valence-corrected chi connectivity index (χ4v) is 2.59. The smallest absolute Gasteiger partial charge is 1.00 e. The van der Waals surface area contributed by atoms with Crippen LogP contribution < -0.4 is 18.9 Å². The van der Waals surface area contributed by atoms with E-state index in [1.165, 1.54) is 12.1 Å². The van der Waals surface area contributed by atoms with Crippen LogP contribution in [-0.4, -0.2) is 13.0 Å². The maximum Gasteiger partial charge on any atom is 1.00 e.